The minimum absolute atomic E-state index is 0.0822. The highest BCUT2D eigenvalue weighted by molar-refractivity contribution is 5.84. The molecule has 8 heteroatoms. The highest BCUT2D eigenvalue weighted by atomic mass is 16.7. The van der Waals surface area contributed by atoms with Gasteiger partial charge in [-0.25, -0.2) is 15.1 Å². The lowest BCUT2D eigenvalue weighted by molar-refractivity contribution is -0.149. The van der Waals surface area contributed by atoms with Crippen LogP contribution in [0.5, 0.6) is 0 Å². The smallest absolute Gasteiger partial charge is 0.407 e. The molecule has 2 amide bonds. The highest BCUT2D eigenvalue weighted by Gasteiger charge is 2.29. The summed E-state index contributed by atoms with van der Waals surface area (Å²) in [4.78, 5) is 38.7. The van der Waals surface area contributed by atoms with Crippen molar-refractivity contribution >= 4 is 18.0 Å². The number of hydroxylamine groups is 1. The minimum Gasteiger partial charge on any atom is -0.479 e. The van der Waals surface area contributed by atoms with Crippen molar-refractivity contribution < 1.29 is 29.1 Å². The van der Waals surface area contributed by atoms with Crippen LogP contribution >= 0.6 is 0 Å². The number of carbonyl (C=O) groups is 3. The average Bonchev–Trinajstić information content (AvgIpc) is 3.00. The van der Waals surface area contributed by atoms with Crippen molar-refractivity contribution in [2.45, 2.75) is 18.9 Å². The average molecular weight is 384 g/mol. The Kier molecular flexibility index (Phi) is 5.90. The van der Waals surface area contributed by atoms with Crippen LogP contribution in [-0.2, 0) is 19.2 Å². The van der Waals surface area contributed by atoms with E-state index in [0.717, 1.165) is 22.3 Å². The maximum absolute atomic E-state index is 12.1. The molecule has 0 unspecified atom stereocenters. The summed E-state index contributed by atoms with van der Waals surface area (Å²) in [7, 11) is 0. The molecule has 0 aliphatic heterocycles. The van der Waals surface area contributed by atoms with Crippen molar-refractivity contribution in [2.24, 2.45) is 0 Å². The molecule has 0 spiro atoms. The number of carboxylic acids is 1. The van der Waals surface area contributed by atoms with Gasteiger partial charge in [-0.1, -0.05) is 48.5 Å². The van der Waals surface area contributed by atoms with Gasteiger partial charge in [-0.15, -0.1) is 0 Å². The molecule has 3 N–H and O–H groups in total. The number of carboxylic acid groups (broad SMARTS) is 1. The quantitative estimate of drug-likeness (QED) is 0.630. The maximum atomic E-state index is 12.1. The van der Waals surface area contributed by atoms with E-state index in [1.54, 1.807) is 0 Å². The fourth-order valence-corrected chi connectivity index (χ4v) is 3.14. The predicted molar refractivity (Wildman–Crippen MR) is 99.4 cm³/mol. The van der Waals surface area contributed by atoms with Crippen LogP contribution in [0.2, 0.25) is 0 Å². The van der Waals surface area contributed by atoms with Crippen LogP contribution < -0.4 is 10.8 Å². The number of aliphatic carboxylic acids is 1. The number of ether oxygens (including phenoxy) is 1. The molecule has 1 atom stereocenters. The highest BCUT2D eigenvalue weighted by Crippen LogP contribution is 2.44. The molecule has 1 aliphatic carbocycles. The number of fused-ring (bicyclic) bond motifs is 3. The molecule has 28 heavy (non-hydrogen) atoms. The Bertz CT molecular complexity index is 852. The minimum atomic E-state index is -1.22. The van der Waals surface area contributed by atoms with Gasteiger partial charge < -0.3 is 15.2 Å². The van der Waals surface area contributed by atoms with Gasteiger partial charge in [-0.2, -0.15) is 0 Å². The summed E-state index contributed by atoms with van der Waals surface area (Å²) in [5, 5.41) is 10.8. The van der Waals surface area contributed by atoms with Gasteiger partial charge >= 0.3 is 12.1 Å². The van der Waals surface area contributed by atoms with E-state index in [2.05, 4.69) is 10.2 Å². The number of amides is 2. The topological polar surface area (TPSA) is 114 Å². The number of hydrogen-bond donors (Lipinski definition) is 3. The summed E-state index contributed by atoms with van der Waals surface area (Å²) in [6.45, 7) is 0.883. The second-order valence-corrected chi connectivity index (χ2v) is 6.34. The van der Waals surface area contributed by atoms with Crippen LogP contribution in [0.25, 0.3) is 11.1 Å². The van der Waals surface area contributed by atoms with Gasteiger partial charge in [0.1, 0.15) is 12.6 Å². The second kappa shape index (κ2) is 8.53. The summed E-state index contributed by atoms with van der Waals surface area (Å²) >= 11 is 0. The van der Waals surface area contributed by atoms with Gasteiger partial charge in [0.25, 0.3) is 5.91 Å². The Labute approximate surface area is 161 Å². The first kappa shape index (κ1) is 19.4. The third-order valence-corrected chi connectivity index (χ3v) is 4.44. The van der Waals surface area contributed by atoms with Crippen LogP contribution in [0.15, 0.2) is 48.5 Å². The number of alkyl carbamates (subject to hydrolysis) is 1. The molecule has 0 saturated heterocycles. The van der Waals surface area contributed by atoms with Crippen molar-refractivity contribution in [2.75, 3.05) is 13.2 Å². The Hall–Kier alpha value is -3.39. The lowest BCUT2D eigenvalue weighted by atomic mass is 9.98. The number of hydrogen-bond acceptors (Lipinski definition) is 5. The molecular weight excluding hydrogens is 364 g/mol. The Balaban J connectivity index is 1.56. The standard InChI is InChI=1S/C20H20N2O6/c1-12(19(25)22-28-11-18(23)24)21-20(26)27-10-17-15-8-4-2-6-13(15)14-7-3-5-9-16(14)17/h2-9,12,17H,10-11H2,1H3,(H,21,26)(H,22,25)(H,23,24)/t12-/m0/s1. The molecule has 0 saturated carbocycles. The van der Waals surface area contributed by atoms with E-state index in [9.17, 15) is 14.4 Å². The van der Waals surface area contributed by atoms with Crippen LogP contribution in [0, 0.1) is 0 Å². The Morgan fingerprint density at radius 2 is 1.61 bits per heavy atom. The van der Waals surface area contributed by atoms with Crippen molar-refractivity contribution in [1.29, 1.82) is 0 Å². The van der Waals surface area contributed by atoms with E-state index in [1.807, 2.05) is 54.0 Å². The van der Waals surface area contributed by atoms with Crippen LogP contribution in [0.4, 0.5) is 4.79 Å². The van der Waals surface area contributed by atoms with Crippen LogP contribution in [0.1, 0.15) is 24.0 Å². The molecule has 146 valence electrons. The molecule has 0 aromatic heterocycles. The number of nitrogens with one attached hydrogen (secondary N) is 2. The molecule has 2 aromatic carbocycles. The van der Waals surface area contributed by atoms with Crippen molar-refractivity contribution in [3.05, 3.63) is 59.7 Å². The van der Waals surface area contributed by atoms with E-state index in [1.165, 1.54) is 6.92 Å². The molecule has 0 fully saturated rings. The van der Waals surface area contributed by atoms with Crippen LogP contribution in [0.3, 0.4) is 0 Å². The Morgan fingerprint density at radius 3 is 2.18 bits per heavy atom. The third kappa shape index (κ3) is 4.29. The fraction of sp³-hybridized carbons (Fsp3) is 0.250. The lowest BCUT2D eigenvalue weighted by Gasteiger charge is -2.17. The zero-order valence-corrected chi connectivity index (χ0v) is 15.2. The van der Waals surface area contributed by atoms with E-state index >= 15 is 0 Å². The van der Waals surface area contributed by atoms with Gasteiger partial charge in [-0.3, -0.25) is 9.63 Å². The molecule has 8 nitrogen and oxygen atoms in total. The van der Waals surface area contributed by atoms with Crippen LogP contribution in [-0.4, -0.2) is 42.3 Å². The summed E-state index contributed by atoms with van der Waals surface area (Å²) < 4.78 is 5.34. The van der Waals surface area contributed by atoms with Gasteiger partial charge in [0, 0.05) is 5.92 Å². The van der Waals surface area contributed by atoms with Gasteiger partial charge in [0.15, 0.2) is 6.61 Å². The van der Waals surface area contributed by atoms with E-state index in [4.69, 9.17) is 9.84 Å². The molecular formula is C20H20N2O6. The van der Waals surface area contributed by atoms with Crippen molar-refractivity contribution in [3.63, 3.8) is 0 Å². The van der Waals surface area contributed by atoms with Gasteiger partial charge in [0.05, 0.1) is 0 Å². The van der Waals surface area contributed by atoms with E-state index in [0.29, 0.717) is 0 Å². The zero-order chi connectivity index (χ0) is 20.1. The summed E-state index contributed by atoms with van der Waals surface area (Å²) in [6.07, 6.45) is -0.747. The molecule has 0 heterocycles. The predicted octanol–water partition coefficient (Wildman–Crippen LogP) is 2.05. The van der Waals surface area contributed by atoms with Crippen molar-refractivity contribution in [3.8, 4) is 11.1 Å². The maximum Gasteiger partial charge on any atom is 0.407 e. The monoisotopic (exact) mass is 384 g/mol. The molecule has 2 aromatic rings. The Morgan fingerprint density at radius 1 is 1.04 bits per heavy atom. The van der Waals surface area contributed by atoms with Gasteiger partial charge in [-0.05, 0) is 29.2 Å². The summed E-state index contributed by atoms with van der Waals surface area (Å²) in [5.41, 5.74) is 6.37. The molecule has 3 rings (SSSR count). The largest absolute Gasteiger partial charge is 0.479 e. The lowest BCUT2D eigenvalue weighted by Crippen LogP contribution is -2.45. The number of benzene rings is 2. The fourth-order valence-electron chi connectivity index (χ4n) is 3.14. The zero-order valence-electron chi connectivity index (χ0n) is 15.2. The molecule has 0 bridgehead atoms. The first-order valence-electron chi connectivity index (χ1n) is 8.72. The number of rotatable bonds is 7. The van der Waals surface area contributed by atoms with Crippen molar-refractivity contribution in [1.82, 2.24) is 10.8 Å². The third-order valence-electron chi connectivity index (χ3n) is 4.44. The summed E-state index contributed by atoms with van der Waals surface area (Å²) in [5.74, 6) is -1.99. The molecule has 0 radical (unpaired) electrons. The molecule has 1 aliphatic rings. The second-order valence-electron chi connectivity index (χ2n) is 6.34. The first-order valence-corrected chi connectivity index (χ1v) is 8.72. The SMILES string of the molecule is C[C@H](NC(=O)OCC1c2ccccc2-c2ccccc21)C(=O)NOCC(=O)O. The van der Waals surface area contributed by atoms with E-state index in [-0.39, 0.29) is 12.5 Å². The van der Waals surface area contributed by atoms with E-state index < -0.39 is 30.6 Å². The number of carbonyl (C=O) groups excluding carboxylic acids is 2. The summed E-state index contributed by atoms with van der Waals surface area (Å²) in [6, 6.07) is 15.0. The first-order chi connectivity index (χ1) is 13.5. The van der Waals surface area contributed by atoms with Gasteiger partial charge in [0.2, 0.25) is 0 Å². The normalized spacial score (nSPS) is 13.2.